The molecule has 0 aromatic carbocycles. The smallest absolute Gasteiger partial charge is 0.322 e. The average molecular weight is 756 g/mol. The van der Waals surface area contributed by atoms with Crippen LogP contribution in [0.2, 0.25) is 0 Å². The van der Waals surface area contributed by atoms with Crippen LogP contribution in [0.1, 0.15) is 12.8 Å². The first kappa shape index (κ1) is 42.6. The minimum absolute atomic E-state index is 0.0606. The summed E-state index contributed by atoms with van der Waals surface area (Å²) in [4.78, 5) is 112. The quantitative estimate of drug-likeness (QED) is 0.0520. The lowest BCUT2D eigenvalue weighted by Gasteiger charge is -2.29. The molecule has 10 N–H and O–H groups in total. The van der Waals surface area contributed by atoms with Gasteiger partial charge in [0, 0.05) is 29.6 Å². The molecular weight excluding hydrogens is 715 g/mol. The number of carboxylic acids is 1. The molecule has 1 heterocycles. The van der Waals surface area contributed by atoms with E-state index in [0.29, 0.717) is 6.42 Å². The first-order valence-corrected chi connectivity index (χ1v) is 16.9. The number of hydrogen-bond donors (Lipinski definition) is 13. The number of aliphatic carboxylic acids is 1. The minimum atomic E-state index is -1.28. The molecule has 0 unspecified atom stereocenters. The fraction of sp³-hybridized carbons (Fsp3) is 0.640. The minimum Gasteiger partial charge on any atom is -0.480 e. The number of carbonyl (C=O) groups excluding carboxylic acids is 8. The zero-order valence-corrected chi connectivity index (χ0v) is 29.2. The number of nitrogens with zero attached hydrogens (tertiary/aromatic N) is 1. The lowest BCUT2D eigenvalue weighted by atomic mass is 10.1. The Morgan fingerprint density at radius 3 is 1.50 bits per heavy atom. The van der Waals surface area contributed by atoms with Gasteiger partial charge in [-0.1, -0.05) is 0 Å². The van der Waals surface area contributed by atoms with Gasteiger partial charge in [0.1, 0.15) is 36.8 Å². The Morgan fingerprint density at radius 1 is 0.646 bits per heavy atom. The molecule has 1 saturated heterocycles. The SMILES string of the molecule is NCC(=O)N[C@@H](CS)C(=O)NCC(=O)N[C@@H](CS)C(=O)N1CCC[C@H]1C(=O)N[C@@H](CS)C(=O)NCC(=O)N[C@@H](CS)C(=O)NCC(=O)O. The van der Waals surface area contributed by atoms with Gasteiger partial charge in [-0.3, -0.25) is 43.2 Å². The third-order valence-corrected chi connectivity index (χ3v) is 8.04. The van der Waals surface area contributed by atoms with Crippen molar-refractivity contribution in [1.82, 2.24) is 42.1 Å². The van der Waals surface area contributed by atoms with Gasteiger partial charge in [-0.2, -0.15) is 50.5 Å². The maximum Gasteiger partial charge on any atom is 0.322 e. The molecule has 0 aliphatic carbocycles. The summed E-state index contributed by atoms with van der Waals surface area (Å²) in [5.41, 5.74) is 5.22. The van der Waals surface area contributed by atoms with E-state index in [2.05, 4.69) is 87.7 Å². The van der Waals surface area contributed by atoms with Crippen LogP contribution in [0, 0.1) is 0 Å². The highest BCUT2D eigenvalue weighted by molar-refractivity contribution is 7.80. The van der Waals surface area contributed by atoms with E-state index in [-0.39, 0.29) is 42.5 Å². The topological polar surface area (TPSA) is 287 Å². The lowest BCUT2D eigenvalue weighted by molar-refractivity contribution is -0.141. The maximum absolute atomic E-state index is 13.3. The Kier molecular flexibility index (Phi) is 19.8. The van der Waals surface area contributed by atoms with Crippen LogP contribution in [-0.2, 0) is 43.2 Å². The fourth-order valence-electron chi connectivity index (χ4n) is 4.15. The van der Waals surface area contributed by atoms with Crippen LogP contribution >= 0.6 is 50.5 Å². The number of likely N-dealkylation sites (tertiary alicyclic amines) is 1. The summed E-state index contributed by atoms with van der Waals surface area (Å²) < 4.78 is 0. The van der Waals surface area contributed by atoms with E-state index in [9.17, 15) is 43.2 Å². The second-order valence-electron chi connectivity index (χ2n) is 10.1. The molecule has 0 radical (unpaired) electrons. The summed E-state index contributed by atoms with van der Waals surface area (Å²) in [6, 6.07) is -5.60. The molecule has 0 saturated carbocycles. The molecule has 1 fully saturated rings. The summed E-state index contributed by atoms with van der Waals surface area (Å²) in [6.45, 7) is -1.97. The number of hydrogen-bond acceptors (Lipinski definition) is 14. The number of carboxylic acid groups (broad SMARTS) is 1. The molecular formula is C25H41N9O10S4. The van der Waals surface area contributed by atoms with Crippen LogP contribution in [-0.4, -0.2) is 149 Å². The van der Waals surface area contributed by atoms with E-state index in [4.69, 9.17) is 10.8 Å². The molecule has 270 valence electrons. The standard InChI is InChI=1S/C25H41N9O10S4/c26-4-17(35)30-12(8-45)21(40)27-6-19(37)32-15(11-48)25(44)34-3-1-2-16(34)24(43)33-14(10-47)23(42)28-5-18(36)31-13(9-46)22(41)29-7-20(38)39/h12-16,45-48H,1-11,26H2,(H,27,40)(H,28,42)(H,29,41)(H,30,35)(H,31,36)(H,32,37)(H,33,43)(H,38,39)/t12-,13-,14-,15-,16-/m0/s1. The number of rotatable bonds is 20. The highest BCUT2D eigenvalue weighted by atomic mass is 32.1. The number of thiol groups is 4. The van der Waals surface area contributed by atoms with Gasteiger partial charge >= 0.3 is 5.97 Å². The van der Waals surface area contributed by atoms with E-state index in [1.165, 1.54) is 4.90 Å². The second-order valence-corrected chi connectivity index (χ2v) is 11.6. The van der Waals surface area contributed by atoms with Crippen LogP contribution in [0.25, 0.3) is 0 Å². The zero-order chi connectivity index (χ0) is 36.4. The first-order chi connectivity index (χ1) is 22.7. The monoisotopic (exact) mass is 755 g/mol. The normalized spacial score (nSPS) is 16.3. The number of amides is 8. The molecule has 23 heteroatoms. The van der Waals surface area contributed by atoms with E-state index in [1.54, 1.807) is 0 Å². The fourth-order valence-corrected chi connectivity index (χ4v) is 5.17. The van der Waals surface area contributed by atoms with Gasteiger partial charge in [-0.05, 0) is 12.8 Å². The maximum atomic E-state index is 13.3. The van der Waals surface area contributed by atoms with E-state index in [1.807, 2.05) is 0 Å². The third-order valence-electron chi connectivity index (χ3n) is 6.58. The van der Waals surface area contributed by atoms with Gasteiger partial charge in [0.15, 0.2) is 0 Å². The van der Waals surface area contributed by atoms with Crippen LogP contribution in [0.4, 0.5) is 0 Å². The number of carbonyl (C=O) groups is 9. The highest BCUT2D eigenvalue weighted by Gasteiger charge is 2.38. The van der Waals surface area contributed by atoms with Crippen molar-refractivity contribution in [2.24, 2.45) is 5.73 Å². The average Bonchev–Trinajstić information content (AvgIpc) is 3.57. The highest BCUT2D eigenvalue weighted by Crippen LogP contribution is 2.19. The molecule has 5 atom stereocenters. The molecule has 1 aliphatic heterocycles. The van der Waals surface area contributed by atoms with E-state index < -0.39 is 103 Å². The summed E-state index contributed by atoms with van der Waals surface area (Å²) in [6.07, 6.45) is 0.690. The first-order valence-electron chi connectivity index (χ1n) is 14.4. The lowest BCUT2D eigenvalue weighted by Crippen LogP contribution is -2.58. The van der Waals surface area contributed by atoms with Crippen LogP contribution in [0.3, 0.4) is 0 Å². The van der Waals surface area contributed by atoms with Gasteiger partial charge in [0.2, 0.25) is 47.3 Å². The molecule has 1 rings (SSSR count). The third kappa shape index (κ3) is 14.4. The van der Waals surface area contributed by atoms with Gasteiger partial charge in [-0.15, -0.1) is 0 Å². The van der Waals surface area contributed by atoms with Crippen molar-refractivity contribution in [3.63, 3.8) is 0 Å². The summed E-state index contributed by atoms with van der Waals surface area (Å²) in [5.74, 6) is -7.52. The summed E-state index contributed by atoms with van der Waals surface area (Å²) in [7, 11) is 0. The Hall–Kier alpha value is -3.41. The largest absolute Gasteiger partial charge is 0.480 e. The number of nitrogens with one attached hydrogen (secondary N) is 7. The van der Waals surface area contributed by atoms with Crippen molar-refractivity contribution >= 4 is 104 Å². The van der Waals surface area contributed by atoms with Crippen LogP contribution in [0.5, 0.6) is 0 Å². The number of nitrogens with two attached hydrogens (primary N) is 1. The molecule has 19 nitrogen and oxygen atoms in total. The van der Waals surface area contributed by atoms with Crippen molar-refractivity contribution in [1.29, 1.82) is 0 Å². The Bertz CT molecular complexity index is 1210. The molecule has 0 aromatic heterocycles. The Morgan fingerprint density at radius 2 is 1.06 bits per heavy atom. The Labute approximate surface area is 297 Å². The van der Waals surface area contributed by atoms with Crippen molar-refractivity contribution < 1.29 is 48.3 Å². The zero-order valence-electron chi connectivity index (χ0n) is 25.6. The van der Waals surface area contributed by atoms with Crippen LogP contribution < -0.4 is 43.0 Å². The molecule has 0 spiro atoms. The van der Waals surface area contributed by atoms with Gasteiger partial charge < -0.3 is 53.0 Å². The van der Waals surface area contributed by atoms with Crippen LogP contribution in [0.15, 0.2) is 0 Å². The van der Waals surface area contributed by atoms with Crippen molar-refractivity contribution in [2.45, 2.75) is 43.1 Å². The molecule has 48 heavy (non-hydrogen) atoms. The van der Waals surface area contributed by atoms with Crippen molar-refractivity contribution in [3.05, 3.63) is 0 Å². The van der Waals surface area contributed by atoms with Crippen molar-refractivity contribution in [3.8, 4) is 0 Å². The molecule has 0 bridgehead atoms. The molecule has 8 amide bonds. The molecule has 0 aromatic rings. The summed E-state index contributed by atoms with van der Waals surface area (Å²) >= 11 is 16.2. The van der Waals surface area contributed by atoms with Gasteiger partial charge in [0.05, 0.1) is 19.6 Å². The van der Waals surface area contributed by atoms with E-state index in [0.717, 1.165) is 0 Å². The van der Waals surface area contributed by atoms with Crippen molar-refractivity contribution in [2.75, 3.05) is 55.7 Å². The van der Waals surface area contributed by atoms with Gasteiger partial charge in [-0.25, -0.2) is 0 Å². The predicted molar refractivity (Wildman–Crippen MR) is 184 cm³/mol. The predicted octanol–water partition coefficient (Wildman–Crippen LogP) is -5.97. The van der Waals surface area contributed by atoms with Gasteiger partial charge in [0.25, 0.3) is 0 Å². The molecule has 1 aliphatic rings. The second kappa shape index (κ2) is 22.3. The summed E-state index contributed by atoms with van der Waals surface area (Å²) in [5, 5.41) is 25.0. The Balaban J connectivity index is 2.72. The van der Waals surface area contributed by atoms with E-state index >= 15 is 0 Å².